The van der Waals surface area contributed by atoms with Gasteiger partial charge in [0.15, 0.2) is 0 Å². The van der Waals surface area contributed by atoms with E-state index >= 15 is 0 Å². The zero-order valence-electron chi connectivity index (χ0n) is 17.0. The number of carbonyl (C=O) groups is 2. The molecular formula is C22H32O5. The number of esters is 2. The molecule has 5 nitrogen and oxygen atoms in total. The van der Waals surface area contributed by atoms with Gasteiger partial charge in [0.05, 0.1) is 0 Å². The molecule has 5 heteroatoms. The van der Waals surface area contributed by atoms with Crippen LogP contribution in [0, 0.1) is 29.6 Å². The molecule has 0 spiro atoms. The molecule has 150 valence electrons. The highest BCUT2D eigenvalue weighted by Gasteiger charge is 2.55. The summed E-state index contributed by atoms with van der Waals surface area (Å²) in [5.74, 6) is 0.219. The van der Waals surface area contributed by atoms with Gasteiger partial charge < -0.3 is 14.6 Å². The fraction of sp³-hybridized carbons (Fsp3) is 0.727. The molecule has 0 aromatic heterocycles. The van der Waals surface area contributed by atoms with Crippen molar-refractivity contribution in [1.82, 2.24) is 0 Å². The number of carbonyl (C=O) groups excluding carboxylic acids is 2. The summed E-state index contributed by atoms with van der Waals surface area (Å²) < 4.78 is 11.0. The monoisotopic (exact) mass is 376 g/mol. The van der Waals surface area contributed by atoms with Gasteiger partial charge in [-0.1, -0.05) is 25.5 Å². The van der Waals surface area contributed by atoms with E-state index < -0.39 is 6.29 Å². The third kappa shape index (κ3) is 4.13. The normalized spacial score (nSPS) is 36.0. The predicted octanol–water partition coefficient (Wildman–Crippen LogP) is 3.76. The molecule has 0 aromatic rings. The SMILES string of the molecule is CC(=O)O[C@@H]1C[C@@H](C)[C@@H]2C[C@@H]2C2=C([C@@H]1[C@@H](C)CCC=C(C)C)[C@@H](O)OC2=O. The van der Waals surface area contributed by atoms with Gasteiger partial charge in [-0.25, -0.2) is 4.79 Å². The summed E-state index contributed by atoms with van der Waals surface area (Å²) in [6.45, 7) is 9.87. The average Bonchev–Trinajstić information content (AvgIpc) is 3.26. The molecule has 1 saturated carbocycles. The molecule has 0 amide bonds. The first-order chi connectivity index (χ1) is 12.7. The molecule has 27 heavy (non-hydrogen) atoms. The highest BCUT2D eigenvalue weighted by atomic mass is 16.6. The minimum atomic E-state index is -1.21. The Morgan fingerprint density at radius 3 is 2.67 bits per heavy atom. The Labute approximate surface area is 161 Å². The van der Waals surface area contributed by atoms with Crippen molar-refractivity contribution >= 4 is 11.9 Å². The average molecular weight is 376 g/mol. The molecule has 1 fully saturated rings. The van der Waals surface area contributed by atoms with Crippen molar-refractivity contribution in [2.45, 2.75) is 72.7 Å². The second kappa shape index (κ2) is 7.78. The topological polar surface area (TPSA) is 72.8 Å². The largest absolute Gasteiger partial charge is 0.462 e. The Bertz CT molecular complexity index is 672. The van der Waals surface area contributed by atoms with E-state index in [2.05, 4.69) is 33.8 Å². The van der Waals surface area contributed by atoms with Gasteiger partial charge in [-0.15, -0.1) is 0 Å². The van der Waals surface area contributed by atoms with Gasteiger partial charge in [0.25, 0.3) is 0 Å². The summed E-state index contributed by atoms with van der Waals surface area (Å²) in [5.41, 5.74) is 2.61. The Hall–Kier alpha value is -1.62. The van der Waals surface area contributed by atoms with Crippen LogP contribution in [0.4, 0.5) is 0 Å². The number of cyclic esters (lactones) is 1. The Morgan fingerprint density at radius 2 is 2.04 bits per heavy atom. The maximum absolute atomic E-state index is 12.5. The molecule has 0 radical (unpaired) electrons. The third-order valence-electron chi connectivity index (χ3n) is 6.43. The van der Waals surface area contributed by atoms with E-state index in [0.717, 1.165) is 25.7 Å². The zero-order valence-corrected chi connectivity index (χ0v) is 17.0. The number of hydrogen-bond donors (Lipinski definition) is 1. The molecule has 2 aliphatic carbocycles. The van der Waals surface area contributed by atoms with Gasteiger partial charge in [-0.3, -0.25) is 4.79 Å². The van der Waals surface area contributed by atoms with E-state index in [0.29, 0.717) is 23.0 Å². The smallest absolute Gasteiger partial charge is 0.337 e. The van der Waals surface area contributed by atoms with Crippen LogP contribution in [0.5, 0.6) is 0 Å². The van der Waals surface area contributed by atoms with Crippen LogP contribution < -0.4 is 0 Å². The van der Waals surface area contributed by atoms with E-state index in [1.807, 2.05) is 0 Å². The molecule has 0 aromatic carbocycles. The Morgan fingerprint density at radius 1 is 1.33 bits per heavy atom. The minimum Gasteiger partial charge on any atom is -0.462 e. The molecule has 1 N–H and O–H groups in total. The number of aliphatic hydroxyl groups is 1. The molecule has 7 atom stereocenters. The molecular weight excluding hydrogens is 344 g/mol. The molecule has 0 saturated heterocycles. The quantitative estimate of drug-likeness (QED) is 0.584. The van der Waals surface area contributed by atoms with Gasteiger partial charge in [-0.2, -0.15) is 0 Å². The lowest BCUT2D eigenvalue weighted by atomic mass is 9.73. The summed E-state index contributed by atoms with van der Waals surface area (Å²) >= 11 is 0. The molecule has 0 unspecified atom stereocenters. The van der Waals surface area contributed by atoms with E-state index in [1.54, 1.807) is 0 Å². The van der Waals surface area contributed by atoms with Gasteiger partial charge in [0.2, 0.25) is 6.29 Å². The number of ether oxygens (including phenoxy) is 2. The van der Waals surface area contributed by atoms with Crippen molar-refractivity contribution in [3.8, 4) is 0 Å². The van der Waals surface area contributed by atoms with Crippen LogP contribution >= 0.6 is 0 Å². The second-order valence-corrected chi connectivity index (χ2v) is 8.86. The van der Waals surface area contributed by atoms with Crippen LogP contribution in [0.2, 0.25) is 0 Å². The predicted molar refractivity (Wildman–Crippen MR) is 101 cm³/mol. The third-order valence-corrected chi connectivity index (χ3v) is 6.43. The number of rotatable bonds is 5. The van der Waals surface area contributed by atoms with Crippen molar-refractivity contribution in [1.29, 1.82) is 0 Å². The van der Waals surface area contributed by atoms with Gasteiger partial charge in [-0.05, 0) is 63.2 Å². The van der Waals surface area contributed by atoms with Gasteiger partial charge >= 0.3 is 11.9 Å². The maximum Gasteiger partial charge on any atom is 0.337 e. The van der Waals surface area contributed by atoms with Crippen LogP contribution in [-0.2, 0) is 19.1 Å². The van der Waals surface area contributed by atoms with Crippen LogP contribution in [0.1, 0.15) is 60.3 Å². The lowest BCUT2D eigenvalue weighted by Gasteiger charge is -2.36. The van der Waals surface area contributed by atoms with E-state index in [9.17, 15) is 14.7 Å². The van der Waals surface area contributed by atoms with E-state index in [1.165, 1.54) is 12.5 Å². The van der Waals surface area contributed by atoms with Crippen LogP contribution in [0.25, 0.3) is 0 Å². The first kappa shape index (κ1) is 20.1. The van der Waals surface area contributed by atoms with Gasteiger partial charge in [0.1, 0.15) is 6.10 Å². The minimum absolute atomic E-state index is 0.154. The Kier molecular flexibility index (Phi) is 5.80. The fourth-order valence-electron chi connectivity index (χ4n) is 5.07. The number of aliphatic hydroxyl groups excluding tert-OH is 1. The molecule has 0 bridgehead atoms. The molecule has 1 heterocycles. The van der Waals surface area contributed by atoms with Crippen molar-refractivity contribution in [3.63, 3.8) is 0 Å². The number of fused-ring (bicyclic) bond motifs is 2. The van der Waals surface area contributed by atoms with Crippen molar-refractivity contribution in [3.05, 3.63) is 22.8 Å². The number of hydrogen-bond acceptors (Lipinski definition) is 5. The highest BCUT2D eigenvalue weighted by Crippen LogP contribution is 2.57. The molecule has 3 rings (SSSR count). The van der Waals surface area contributed by atoms with Crippen molar-refractivity contribution in [2.75, 3.05) is 0 Å². The van der Waals surface area contributed by atoms with Crippen molar-refractivity contribution in [2.24, 2.45) is 29.6 Å². The van der Waals surface area contributed by atoms with Gasteiger partial charge in [0, 0.05) is 24.0 Å². The fourth-order valence-corrected chi connectivity index (χ4v) is 5.07. The highest BCUT2D eigenvalue weighted by molar-refractivity contribution is 5.93. The maximum atomic E-state index is 12.5. The molecule has 1 aliphatic heterocycles. The van der Waals surface area contributed by atoms with Crippen LogP contribution in [0.15, 0.2) is 22.8 Å². The molecule has 3 aliphatic rings. The lowest BCUT2D eigenvalue weighted by molar-refractivity contribution is -0.156. The standard InChI is InChI=1S/C22H32O5/c1-11(2)7-6-8-12(3)18-17(26-14(5)23)9-13(4)15-10-16(15)19-20(18)22(25)27-21(19)24/h7,12-13,15-18,22,25H,6,8-10H2,1-5H3/t12-,13+,15-,16-,17+,18+,22-/m0/s1. The van der Waals surface area contributed by atoms with Crippen molar-refractivity contribution < 1.29 is 24.2 Å². The lowest BCUT2D eigenvalue weighted by Crippen LogP contribution is -2.38. The summed E-state index contributed by atoms with van der Waals surface area (Å²) in [6, 6.07) is 0. The summed E-state index contributed by atoms with van der Waals surface area (Å²) in [4.78, 5) is 24.3. The van der Waals surface area contributed by atoms with Crippen LogP contribution in [-0.4, -0.2) is 29.4 Å². The Balaban J connectivity index is 1.98. The summed E-state index contributed by atoms with van der Waals surface area (Å²) in [7, 11) is 0. The summed E-state index contributed by atoms with van der Waals surface area (Å²) in [6.07, 6.45) is 4.17. The van der Waals surface area contributed by atoms with Crippen LogP contribution in [0.3, 0.4) is 0 Å². The van der Waals surface area contributed by atoms with E-state index in [-0.39, 0.29) is 35.8 Å². The zero-order chi connectivity index (χ0) is 19.9. The first-order valence-electron chi connectivity index (χ1n) is 10.1. The summed E-state index contributed by atoms with van der Waals surface area (Å²) in [5, 5.41) is 10.5. The first-order valence-corrected chi connectivity index (χ1v) is 10.1. The number of allylic oxidation sites excluding steroid dienone is 2. The second-order valence-electron chi connectivity index (χ2n) is 8.86. The van der Waals surface area contributed by atoms with E-state index in [4.69, 9.17) is 9.47 Å².